The molecule has 2 atom stereocenters. The van der Waals surface area contributed by atoms with Crippen molar-refractivity contribution in [3.63, 3.8) is 0 Å². The van der Waals surface area contributed by atoms with Crippen LogP contribution in [0.2, 0.25) is 0 Å². The molecule has 1 aliphatic rings. The highest BCUT2D eigenvalue weighted by Gasteiger charge is 2.34. The molecule has 1 rings (SSSR count). The Labute approximate surface area is 83.4 Å². The molecule has 2 unspecified atom stereocenters. The zero-order chi connectivity index (χ0) is 10.7. The van der Waals surface area contributed by atoms with Crippen LogP contribution in [-0.2, 0) is 25.0 Å². The van der Waals surface area contributed by atoms with Gasteiger partial charge in [-0.2, -0.15) is 0 Å². The Morgan fingerprint density at radius 1 is 1.50 bits per heavy atom. The van der Waals surface area contributed by atoms with Crippen LogP contribution < -0.4 is 0 Å². The van der Waals surface area contributed by atoms with E-state index in [2.05, 4.69) is 4.74 Å². The van der Waals surface area contributed by atoms with Crippen molar-refractivity contribution in [2.24, 2.45) is 11.8 Å². The van der Waals surface area contributed by atoms with Gasteiger partial charge in [0.15, 0.2) is 0 Å². The lowest BCUT2D eigenvalue weighted by Crippen LogP contribution is -2.14. The summed E-state index contributed by atoms with van der Waals surface area (Å²) in [6, 6.07) is 0. The van der Waals surface area contributed by atoms with Crippen LogP contribution in [0.4, 0.5) is 0 Å². The van der Waals surface area contributed by atoms with Crippen molar-refractivity contribution >= 4 is 22.6 Å². The second-order valence-corrected chi connectivity index (χ2v) is 4.58. The molecule has 0 aliphatic carbocycles. The van der Waals surface area contributed by atoms with Gasteiger partial charge in [-0.25, -0.2) is 8.42 Å². The molecule has 0 radical (unpaired) electrons. The molecule has 1 fully saturated rings. The minimum Gasteiger partial charge on any atom is -0.393 e. The van der Waals surface area contributed by atoms with Crippen molar-refractivity contribution in [2.75, 3.05) is 5.75 Å². The molecular weight excluding hydrogens is 208 g/mol. The van der Waals surface area contributed by atoms with E-state index in [1.54, 1.807) is 6.92 Å². The molecule has 1 saturated heterocycles. The van der Waals surface area contributed by atoms with E-state index in [1.165, 1.54) is 0 Å². The van der Waals surface area contributed by atoms with Crippen molar-refractivity contribution in [2.45, 2.75) is 19.8 Å². The number of carbonyl (C=O) groups is 2. The summed E-state index contributed by atoms with van der Waals surface area (Å²) in [6.07, 6.45) is 0.479. The van der Waals surface area contributed by atoms with Crippen LogP contribution in [0.1, 0.15) is 19.8 Å². The van der Waals surface area contributed by atoms with E-state index in [0.29, 0.717) is 6.42 Å². The maximum absolute atomic E-state index is 11.0. The monoisotopic (exact) mass is 220 g/mol. The zero-order valence-corrected chi connectivity index (χ0v) is 8.66. The Bertz CT molecular complexity index is 312. The molecule has 6 heteroatoms. The third kappa shape index (κ3) is 3.10. The lowest BCUT2D eigenvalue weighted by molar-refractivity contribution is -0.153. The van der Waals surface area contributed by atoms with Gasteiger partial charge in [0, 0.05) is 0 Å². The first-order chi connectivity index (χ1) is 6.49. The molecule has 0 aromatic carbocycles. The quantitative estimate of drug-likeness (QED) is 0.400. The fourth-order valence-electron chi connectivity index (χ4n) is 1.52. The summed E-state index contributed by atoms with van der Waals surface area (Å²) >= 11 is 0. The Balaban J connectivity index is 2.44. The summed E-state index contributed by atoms with van der Waals surface area (Å²) in [6.45, 7) is 1.74. The molecule has 0 amide bonds. The molecule has 0 N–H and O–H groups in total. The minimum absolute atomic E-state index is 0.0489. The van der Waals surface area contributed by atoms with Crippen LogP contribution in [0.3, 0.4) is 0 Å². The number of hydrogen-bond donors (Lipinski definition) is 1. The van der Waals surface area contributed by atoms with Crippen molar-refractivity contribution in [3.8, 4) is 0 Å². The number of esters is 2. The van der Waals surface area contributed by atoms with Gasteiger partial charge in [0.2, 0.25) is 0 Å². The van der Waals surface area contributed by atoms with Gasteiger partial charge in [-0.3, -0.25) is 9.59 Å². The van der Waals surface area contributed by atoms with Gasteiger partial charge < -0.3 is 4.74 Å². The van der Waals surface area contributed by atoms with E-state index >= 15 is 0 Å². The molecule has 0 spiro atoms. The molecule has 0 saturated carbocycles. The van der Waals surface area contributed by atoms with E-state index in [9.17, 15) is 18.0 Å². The smallest absolute Gasteiger partial charge is 0.317 e. The number of hydrogen-bond acceptors (Lipinski definition) is 5. The molecule has 80 valence electrons. The predicted octanol–water partition coefficient (Wildman–Crippen LogP) is -0.286. The highest BCUT2D eigenvalue weighted by Crippen LogP contribution is 2.23. The Hall–Kier alpha value is -0.910. The molecule has 1 heterocycles. The van der Waals surface area contributed by atoms with Gasteiger partial charge in [-0.05, 0) is 12.3 Å². The zero-order valence-electron chi connectivity index (χ0n) is 7.76. The number of cyclic esters (lactones) is 2. The van der Waals surface area contributed by atoms with E-state index in [1.807, 2.05) is 0 Å². The SMILES string of the molecule is CC(CC1CC(=O)OC1=O)C[SH](=O)=O. The first kappa shape index (κ1) is 11.2. The van der Waals surface area contributed by atoms with E-state index < -0.39 is 28.6 Å². The van der Waals surface area contributed by atoms with Crippen LogP contribution in [0.25, 0.3) is 0 Å². The van der Waals surface area contributed by atoms with Crippen molar-refractivity contribution in [1.29, 1.82) is 0 Å². The minimum atomic E-state index is -2.42. The van der Waals surface area contributed by atoms with Crippen LogP contribution in [0.5, 0.6) is 0 Å². The fraction of sp³-hybridized carbons (Fsp3) is 0.750. The molecule has 1 aliphatic heterocycles. The summed E-state index contributed by atoms with van der Waals surface area (Å²) in [4.78, 5) is 21.7. The number of rotatable bonds is 4. The van der Waals surface area contributed by atoms with Gasteiger partial charge >= 0.3 is 11.9 Å². The number of thiol groups is 1. The Morgan fingerprint density at radius 3 is 2.57 bits per heavy atom. The molecule has 14 heavy (non-hydrogen) atoms. The lowest BCUT2D eigenvalue weighted by Gasteiger charge is -2.09. The molecule has 0 aromatic heterocycles. The summed E-state index contributed by atoms with van der Waals surface area (Å²) in [5.41, 5.74) is 0. The average Bonchev–Trinajstić information content (AvgIpc) is 2.28. The third-order valence-electron chi connectivity index (χ3n) is 2.11. The number of ether oxygens (including phenoxy) is 1. The van der Waals surface area contributed by atoms with E-state index in [0.717, 1.165) is 0 Å². The predicted molar refractivity (Wildman–Crippen MR) is 48.2 cm³/mol. The van der Waals surface area contributed by atoms with Gasteiger partial charge in [0.05, 0.1) is 18.1 Å². The summed E-state index contributed by atoms with van der Waals surface area (Å²) in [7, 11) is -2.42. The van der Waals surface area contributed by atoms with Gasteiger partial charge in [0.1, 0.15) is 10.7 Å². The highest BCUT2D eigenvalue weighted by molar-refractivity contribution is 7.72. The largest absolute Gasteiger partial charge is 0.393 e. The first-order valence-corrected chi connectivity index (χ1v) is 5.71. The third-order valence-corrected chi connectivity index (χ3v) is 3.03. The Kier molecular flexibility index (Phi) is 3.62. The number of carbonyl (C=O) groups excluding carboxylic acids is 2. The standard InChI is InChI=1S/C8H12O5S/c1-5(4-14(11)12)2-6-3-7(9)13-8(6)10/h5-6,14H,2-4H2,1H3. The van der Waals surface area contributed by atoms with E-state index in [4.69, 9.17) is 0 Å². The van der Waals surface area contributed by atoms with Crippen molar-refractivity contribution < 1.29 is 22.7 Å². The van der Waals surface area contributed by atoms with Crippen LogP contribution in [0.15, 0.2) is 0 Å². The van der Waals surface area contributed by atoms with Gasteiger partial charge in [0.25, 0.3) is 0 Å². The van der Waals surface area contributed by atoms with Crippen LogP contribution in [-0.4, -0.2) is 26.1 Å². The Morgan fingerprint density at radius 2 is 2.14 bits per heavy atom. The topological polar surface area (TPSA) is 77.5 Å². The van der Waals surface area contributed by atoms with Gasteiger partial charge in [-0.15, -0.1) is 0 Å². The lowest BCUT2D eigenvalue weighted by atomic mass is 9.96. The van der Waals surface area contributed by atoms with Crippen molar-refractivity contribution in [3.05, 3.63) is 0 Å². The maximum Gasteiger partial charge on any atom is 0.317 e. The van der Waals surface area contributed by atoms with Gasteiger partial charge in [-0.1, -0.05) is 6.92 Å². The average molecular weight is 220 g/mol. The summed E-state index contributed by atoms with van der Waals surface area (Å²) < 4.78 is 25.1. The van der Waals surface area contributed by atoms with Crippen molar-refractivity contribution in [1.82, 2.24) is 0 Å². The second-order valence-electron chi connectivity index (χ2n) is 3.55. The summed E-state index contributed by atoms with van der Waals surface area (Å²) in [5.74, 6) is -1.55. The highest BCUT2D eigenvalue weighted by atomic mass is 32.2. The molecule has 0 aromatic rings. The summed E-state index contributed by atoms with van der Waals surface area (Å²) in [5, 5.41) is 0. The van der Waals surface area contributed by atoms with Crippen LogP contribution in [0, 0.1) is 11.8 Å². The fourth-order valence-corrected chi connectivity index (χ4v) is 2.17. The van der Waals surface area contributed by atoms with Crippen LogP contribution >= 0.6 is 0 Å². The molecular formula is C8H12O5S. The molecule has 0 bridgehead atoms. The van der Waals surface area contributed by atoms with E-state index in [-0.39, 0.29) is 18.1 Å². The molecule has 5 nitrogen and oxygen atoms in total. The second kappa shape index (κ2) is 4.54. The normalized spacial score (nSPS) is 24.0. The first-order valence-electron chi connectivity index (χ1n) is 4.35. The maximum atomic E-state index is 11.0.